The lowest BCUT2D eigenvalue weighted by molar-refractivity contribution is 1.11. The number of fused-ring (bicyclic) bond motifs is 1. The summed E-state index contributed by atoms with van der Waals surface area (Å²) in [7, 11) is 0. The minimum absolute atomic E-state index is 0.647. The minimum atomic E-state index is 0.647. The molecule has 2 heterocycles. The van der Waals surface area contributed by atoms with Gasteiger partial charge in [0.2, 0.25) is 0 Å². The fraction of sp³-hybridized carbons (Fsp3) is 0. The molecule has 0 aliphatic heterocycles. The SMILES string of the molecule is Nc1ccc(-c2nnc3cc(Cl)ccn23)cc1. The second kappa shape index (κ2) is 3.75. The molecule has 0 saturated carbocycles. The Kier molecular flexibility index (Phi) is 2.23. The highest BCUT2D eigenvalue weighted by atomic mass is 35.5. The summed E-state index contributed by atoms with van der Waals surface area (Å²) in [6.07, 6.45) is 1.85. The van der Waals surface area contributed by atoms with Crippen LogP contribution in [-0.4, -0.2) is 14.6 Å². The van der Waals surface area contributed by atoms with Crippen molar-refractivity contribution in [3.8, 4) is 11.4 Å². The Balaban J connectivity index is 2.21. The lowest BCUT2D eigenvalue weighted by Crippen LogP contribution is -1.90. The number of hydrogen-bond acceptors (Lipinski definition) is 3. The van der Waals surface area contributed by atoms with Crippen LogP contribution in [0, 0.1) is 0 Å². The predicted octanol–water partition coefficient (Wildman–Crippen LogP) is 2.63. The molecule has 0 aliphatic carbocycles. The van der Waals surface area contributed by atoms with Gasteiger partial charge in [-0.15, -0.1) is 10.2 Å². The van der Waals surface area contributed by atoms with E-state index in [9.17, 15) is 0 Å². The van der Waals surface area contributed by atoms with Crippen molar-refractivity contribution in [2.45, 2.75) is 0 Å². The maximum Gasteiger partial charge on any atom is 0.168 e. The molecular formula is C12H9ClN4. The number of hydrogen-bond donors (Lipinski definition) is 1. The number of rotatable bonds is 1. The van der Waals surface area contributed by atoms with E-state index in [0.29, 0.717) is 5.02 Å². The lowest BCUT2D eigenvalue weighted by atomic mass is 10.2. The highest BCUT2D eigenvalue weighted by molar-refractivity contribution is 6.30. The topological polar surface area (TPSA) is 56.2 Å². The van der Waals surface area contributed by atoms with Crippen molar-refractivity contribution < 1.29 is 0 Å². The molecule has 4 nitrogen and oxygen atoms in total. The quantitative estimate of drug-likeness (QED) is 0.670. The number of pyridine rings is 1. The van der Waals surface area contributed by atoms with Gasteiger partial charge in [-0.2, -0.15) is 0 Å². The molecule has 0 spiro atoms. The minimum Gasteiger partial charge on any atom is -0.399 e. The number of benzene rings is 1. The molecule has 2 aromatic heterocycles. The highest BCUT2D eigenvalue weighted by Gasteiger charge is 2.07. The van der Waals surface area contributed by atoms with Crippen LogP contribution < -0.4 is 5.73 Å². The number of halogens is 1. The second-order valence-electron chi connectivity index (χ2n) is 3.72. The number of aromatic nitrogens is 3. The summed E-state index contributed by atoms with van der Waals surface area (Å²) in [6, 6.07) is 11.1. The van der Waals surface area contributed by atoms with E-state index < -0.39 is 0 Å². The fourth-order valence-corrected chi connectivity index (χ4v) is 1.85. The van der Waals surface area contributed by atoms with E-state index in [4.69, 9.17) is 17.3 Å². The molecule has 0 fully saturated rings. The van der Waals surface area contributed by atoms with Gasteiger partial charge >= 0.3 is 0 Å². The van der Waals surface area contributed by atoms with Crippen LogP contribution in [0.2, 0.25) is 5.02 Å². The zero-order valence-corrected chi connectivity index (χ0v) is 9.59. The molecule has 0 atom stereocenters. The molecule has 17 heavy (non-hydrogen) atoms. The van der Waals surface area contributed by atoms with E-state index >= 15 is 0 Å². The summed E-state index contributed by atoms with van der Waals surface area (Å²) in [5.74, 6) is 0.775. The van der Waals surface area contributed by atoms with Gasteiger partial charge in [0.05, 0.1) is 0 Å². The van der Waals surface area contributed by atoms with Gasteiger partial charge in [-0.3, -0.25) is 4.40 Å². The van der Waals surface area contributed by atoms with Gasteiger partial charge < -0.3 is 5.73 Å². The molecule has 0 bridgehead atoms. The summed E-state index contributed by atoms with van der Waals surface area (Å²) in [5.41, 5.74) is 8.07. The zero-order valence-electron chi connectivity index (χ0n) is 8.84. The average Bonchev–Trinajstić information content (AvgIpc) is 2.73. The molecule has 2 N–H and O–H groups in total. The molecular weight excluding hydrogens is 236 g/mol. The second-order valence-corrected chi connectivity index (χ2v) is 4.16. The van der Waals surface area contributed by atoms with Crippen molar-refractivity contribution in [3.05, 3.63) is 47.6 Å². The van der Waals surface area contributed by atoms with Gasteiger partial charge in [-0.05, 0) is 30.3 Å². The Morgan fingerprint density at radius 2 is 1.82 bits per heavy atom. The van der Waals surface area contributed by atoms with Crippen LogP contribution in [0.3, 0.4) is 0 Å². The number of nitrogens with zero attached hydrogens (tertiary/aromatic N) is 3. The Morgan fingerprint density at radius 3 is 2.59 bits per heavy atom. The van der Waals surface area contributed by atoms with E-state index in [1.165, 1.54) is 0 Å². The van der Waals surface area contributed by atoms with E-state index in [1.54, 1.807) is 12.1 Å². The summed E-state index contributed by atoms with van der Waals surface area (Å²) < 4.78 is 1.89. The van der Waals surface area contributed by atoms with Gasteiger partial charge in [-0.25, -0.2) is 0 Å². The summed E-state index contributed by atoms with van der Waals surface area (Å²) in [5, 5.41) is 8.87. The Bertz CT molecular complexity index is 673. The fourth-order valence-electron chi connectivity index (χ4n) is 1.70. The Labute approximate surface area is 103 Å². The largest absolute Gasteiger partial charge is 0.399 e. The summed E-state index contributed by atoms with van der Waals surface area (Å²) in [6.45, 7) is 0. The van der Waals surface area contributed by atoms with Gasteiger partial charge in [-0.1, -0.05) is 11.6 Å². The zero-order chi connectivity index (χ0) is 11.8. The summed E-state index contributed by atoms with van der Waals surface area (Å²) in [4.78, 5) is 0. The van der Waals surface area contributed by atoms with E-state index in [-0.39, 0.29) is 0 Å². The van der Waals surface area contributed by atoms with Crippen molar-refractivity contribution in [1.82, 2.24) is 14.6 Å². The molecule has 0 unspecified atom stereocenters. The molecule has 0 aliphatic rings. The monoisotopic (exact) mass is 244 g/mol. The molecule has 3 rings (SSSR count). The molecule has 0 amide bonds. The third kappa shape index (κ3) is 1.72. The maximum absolute atomic E-state index is 5.90. The van der Waals surface area contributed by atoms with Gasteiger partial charge in [0.15, 0.2) is 11.5 Å². The first-order valence-electron chi connectivity index (χ1n) is 5.10. The molecule has 3 aromatic rings. The van der Waals surface area contributed by atoms with Crippen LogP contribution in [0.1, 0.15) is 0 Å². The van der Waals surface area contributed by atoms with Crippen LogP contribution in [0.4, 0.5) is 5.69 Å². The van der Waals surface area contributed by atoms with Crippen molar-refractivity contribution in [1.29, 1.82) is 0 Å². The highest BCUT2D eigenvalue weighted by Crippen LogP contribution is 2.21. The average molecular weight is 245 g/mol. The van der Waals surface area contributed by atoms with Crippen LogP contribution >= 0.6 is 11.6 Å². The van der Waals surface area contributed by atoms with E-state index in [2.05, 4.69) is 10.2 Å². The Morgan fingerprint density at radius 1 is 1.06 bits per heavy atom. The smallest absolute Gasteiger partial charge is 0.168 e. The number of nitrogen functional groups attached to an aromatic ring is 1. The third-order valence-electron chi connectivity index (χ3n) is 2.54. The molecule has 0 radical (unpaired) electrons. The van der Waals surface area contributed by atoms with E-state index in [0.717, 1.165) is 22.7 Å². The Hall–Kier alpha value is -2.07. The van der Waals surface area contributed by atoms with Crippen LogP contribution in [0.5, 0.6) is 0 Å². The standard InChI is InChI=1S/C12H9ClN4/c13-9-5-6-17-11(7-9)15-16-12(17)8-1-3-10(14)4-2-8/h1-7H,14H2. The van der Waals surface area contributed by atoms with E-state index in [1.807, 2.05) is 34.9 Å². The van der Waals surface area contributed by atoms with Crippen molar-refractivity contribution in [3.63, 3.8) is 0 Å². The normalized spacial score (nSPS) is 10.9. The van der Waals surface area contributed by atoms with Crippen LogP contribution in [-0.2, 0) is 0 Å². The van der Waals surface area contributed by atoms with Crippen molar-refractivity contribution >= 4 is 22.9 Å². The molecule has 1 aromatic carbocycles. The van der Waals surface area contributed by atoms with Gasteiger partial charge in [0, 0.05) is 28.5 Å². The van der Waals surface area contributed by atoms with Crippen molar-refractivity contribution in [2.24, 2.45) is 0 Å². The third-order valence-corrected chi connectivity index (χ3v) is 2.78. The van der Waals surface area contributed by atoms with Gasteiger partial charge in [0.1, 0.15) is 0 Å². The first-order chi connectivity index (χ1) is 8.24. The van der Waals surface area contributed by atoms with Crippen molar-refractivity contribution in [2.75, 3.05) is 5.73 Å². The number of anilines is 1. The van der Waals surface area contributed by atoms with Gasteiger partial charge in [0.25, 0.3) is 0 Å². The first kappa shape index (κ1) is 10.1. The summed E-state index contributed by atoms with van der Waals surface area (Å²) >= 11 is 5.90. The molecule has 0 saturated heterocycles. The molecule has 84 valence electrons. The van der Waals surface area contributed by atoms with Crippen LogP contribution in [0.25, 0.3) is 17.0 Å². The first-order valence-corrected chi connectivity index (χ1v) is 5.48. The lowest BCUT2D eigenvalue weighted by Gasteiger charge is -2.00. The van der Waals surface area contributed by atoms with Crippen LogP contribution in [0.15, 0.2) is 42.6 Å². The maximum atomic E-state index is 5.90. The molecule has 5 heteroatoms. The number of nitrogens with two attached hydrogens (primary N) is 1. The predicted molar refractivity (Wildman–Crippen MR) is 67.8 cm³/mol.